The van der Waals surface area contributed by atoms with Crippen molar-refractivity contribution in [1.82, 2.24) is 0 Å². The number of carboxylic acid groups (broad SMARTS) is 1. The fraction of sp³-hybridized carbons (Fsp3) is 0.800. The van der Waals surface area contributed by atoms with Crippen LogP contribution in [0.1, 0.15) is 99.8 Å². The molecule has 188 valence electrons. The number of fused-ring (bicyclic) bond motifs is 6. The van der Waals surface area contributed by atoms with Gasteiger partial charge in [0.15, 0.2) is 0 Å². The summed E-state index contributed by atoms with van der Waals surface area (Å²) in [6, 6.07) is 0. The molecule has 3 saturated carbocycles. The molecule has 4 heteroatoms. The van der Waals surface area contributed by atoms with Gasteiger partial charge in [0.05, 0.1) is 11.5 Å². The standard InChI is InChI=1S/C30H44O4/c1-25(2)16-19-18-8-9-21-27(5)12-11-22(31)26(3,4)20(27)10-13-29(21,7)28(18,6)14-15-30(19,24(33)34)17-23(25)32/h8-9,20-22,31H,10-17H2,1-7H3,(H,33,34). The summed E-state index contributed by atoms with van der Waals surface area (Å²) in [7, 11) is 0. The number of hydrogen-bond donors (Lipinski definition) is 2. The molecule has 34 heavy (non-hydrogen) atoms. The quantitative estimate of drug-likeness (QED) is 0.471. The normalized spacial score (nSPS) is 48.9. The van der Waals surface area contributed by atoms with Crippen molar-refractivity contribution < 1.29 is 19.8 Å². The summed E-state index contributed by atoms with van der Waals surface area (Å²) in [6.45, 7) is 15.8. The molecule has 0 heterocycles. The largest absolute Gasteiger partial charge is 0.481 e. The Morgan fingerprint density at radius 1 is 0.941 bits per heavy atom. The molecule has 7 atom stereocenters. The Kier molecular flexibility index (Phi) is 4.90. The Balaban J connectivity index is 1.69. The average Bonchev–Trinajstić information content (AvgIpc) is 2.72. The predicted octanol–water partition coefficient (Wildman–Crippen LogP) is 6.33. The van der Waals surface area contributed by atoms with E-state index in [-0.39, 0.29) is 40.0 Å². The van der Waals surface area contributed by atoms with E-state index in [9.17, 15) is 19.8 Å². The summed E-state index contributed by atoms with van der Waals surface area (Å²) in [5.41, 5.74) is 0.647. The highest BCUT2D eigenvalue weighted by Gasteiger charge is 2.67. The first-order valence-corrected chi connectivity index (χ1v) is 13.4. The van der Waals surface area contributed by atoms with Gasteiger partial charge in [-0.25, -0.2) is 0 Å². The van der Waals surface area contributed by atoms with E-state index in [2.05, 4.69) is 46.8 Å². The molecule has 7 unspecified atom stereocenters. The molecule has 0 aromatic carbocycles. The zero-order valence-electron chi connectivity index (χ0n) is 22.3. The number of aliphatic hydroxyl groups is 1. The van der Waals surface area contributed by atoms with Gasteiger partial charge in [0.2, 0.25) is 0 Å². The number of Topliss-reactive ketones (excluding diaryl/α,β-unsaturated/α-hetero) is 1. The van der Waals surface area contributed by atoms with Crippen LogP contribution in [0.15, 0.2) is 23.3 Å². The third-order valence-corrected chi connectivity index (χ3v) is 12.4. The number of carbonyl (C=O) groups is 2. The van der Waals surface area contributed by atoms with Crippen LogP contribution in [0.3, 0.4) is 0 Å². The molecule has 3 fully saturated rings. The van der Waals surface area contributed by atoms with Crippen LogP contribution in [0.2, 0.25) is 0 Å². The summed E-state index contributed by atoms with van der Waals surface area (Å²) in [4.78, 5) is 25.7. The van der Waals surface area contributed by atoms with Crippen LogP contribution in [0.5, 0.6) is 0 Å². The number of ketones is 1. The van der Waals surface area contributed by atoms with Crippen molar-refractivity contribution in [2.24, 2.45) is 44.3 Å². The van der Waals surface area contributed by atoms with Crippen molar-refractivity contribution in [3.05, 3.63) is 23.3 Å². The Morgan fingerprint density at radius 2 is 1.62 bits per heavy atom. The fourth-order valence-corrected chi connectivity index (χ4v) is 9.76. The van der Waals surface area contributed by atoms with Gasteiger partial charge >= 0.3 is 5.97 Å². The van der Waals surface area contributed by atoms with Crippen molar-refractivity contribution >= 4 is 11.8 Å². The van der Waals surface area contributed by atoms with Gasteiger partial charge in [0.1, 0.15) is 5.78 Å². The second kappa shape index (κ2) is 6.87. The van der Waals surface area contributed by atoms with Gasteiger partial charge in [-0.1, -0.05) is 60.6 Å². The van der Waals surface area contributed by atoms with E-state index in [0.717, 1.165) is 37.7 Å². The molecule has 0 spiro atoms. The van der Waals surface area contributed by atoms with Crippen LogP contribution < -0.4 is 0 Å². The number of allylic oxidation sites excluding steroid dienone is 3. The maximum Gasteiger partial charge on any atom is 0.314 e. The van der Waals surface area contributed by atoms with Crippen molar-refractivity contribution in [1.29, 1.82) is 0 Å². The molecule has 0 aromatic rings. The first kappa shape index (κ1) is 24.3. The maximum atomic E-state index is 13.0. The first-order chi connectivity index (χ1) is 15.6. The zero-order chi connectivity index (χ0) is 25.1. The lowest BCUT2D eigenvalue weighted by molar-refractivity contribution is -0.183. The van der Waals surface area contributed by atoms with Crippen LogP contribution in [0.25, 0.3) is 0 Å². The SMILES string of the molecule is CC1(C)CC2=C3C=CC4C5(C)CCC(O)C(C)(C)C5CCC4(C)C3(C)CCC2(C(=O)O)CC1=O. The summed E-state index contributed by atoms with van der Waals surface area (Å²) in [5.74, 6) is 0.135. The van der Waals surface area contributed by atoms with Gasteiger partial charge in [0.25, 0.3) is 0 Å². The number of aliphatic hydroxyl groups excluding tert-OH is 1. The highest BCUT2D eigenvalue weighted by Crippen LogP contribution is 2.74. The van der Waals surface area contributed by atoms with Gasteiger partial charge in [-0.05, 0) is 89.6 Å². The van der Waals surface area contributed by atoms with E-state index in [1.807, 2.05) is 13.8 Å². The molecule has 0 saturated heterocycles. The van der Waals surface area contributed by atoms with Crippen molar-refractivity contribution in [3.8, 4) is 0 Å². The molecule has 0 radical (unpaired) electrons. The lowest BCUT2D eigenvalue weighted by Crippen LogP contribution is -2.63. The van der Waals surface area contributed by atoms with Gasteiger partial charge in [-0.15, -0.1) is 0 Å². The third-order valence-electron chi connectivity index (χ3n) is 12.4. The maximum absolute atomic E-state index is 13.0. The van der Waals surface area contributed by atoms with Crippen molar-refractivity contribution in [3.63, 3.8) is 0 Å². The summed E-state index contributed by atoms with van der Waals surface area (Å²) in [6.07, 6.45) is 10.6. The highest BCUT2D eigenvalue weighted by molar-refractivity contribution is 5.94. The van der Waals surface area contributed by atoms with E-state index in [0.29, 0.717) is 24.7 Å². The minimum absolute atomic E-state index is 0.0317. The van der Waals surface area contributed by atoms with Gasteiger partial charge in [-0.2, -0.15) is 0 Å². The molecule has 5 aliphatic carbocycles. The van der Waals surface area contributed by atoms with E-state index in [4.69, 9.17) is 0 Å². The number of carboxylic acids is 1. The minimum Gasteiger partial charge on any atom is -0.481 e. The number of aliphatic carboxylic acids is 1. The molecule has 5 rings (SSSR count). The van der Waals surface area contributed by atoms with E-state index in [1.54, 1.807) is 0 Å². The van der Waals surface area contributed by atoms with Crippen molar-refractivity contribution in [2.45, 2.75) is 106 Å². The molecule has 0 amide bonds. The third kappa shape index (κ3) is 2.70. The summed E-state index contributed by atoms with van der Waals surface area (Å²) >= 11 is 0. The van der Waals surface area contributed by atoms with E-state index in [1.165, 1.54) is 5.57 Å². The smallest absolute Gasteiger partial charge is 0.314 e. The van der Waals surface area contributed by atoms with E-state index >= 15 is 0 Å². The lowest BCUT2D eigenvalue weighted by Gasteiger charge is -2.69. The number of hydrogen-bond acceptors (Lipinski definition) is 3. The van der Waals surface area contributed by atoms with Crippen LogP contribution in [-0.2, 0) is 9.59 Å². The van der Waals surface area contributed by atoms with Crippen LogP contribution in [0.4, 0.5) is 0 Å². The molecular formula is C30H44O4. The molecule has 2 N–H and O–H groups in total. The Bertz CT molecular complexity index is 1020. The molecular weight excluding hydrogens is 424 g/mol. The average molecular weight is 469 g/mol. The molecule has 0 aliphatic heterocycles. The van der Waals surface area contributed by atoms with Crippen LogP contribution in [-0.4, -0.2) is 28.1 Å². The lowest BCUT2D eigenvalue weighted by atomic mass is 9.35. The van der Waals surface area contributed by atoms with Crippen LogP contribution >= 0.6 is 0 Å². The van der Waals surface area contributed by atoms with Gasteiger partial charge in [0, 0.05) is 11.8 Å². The fourth-order valence-electron chi connectivity index (χ4n) is 9.76. The van der Waals surface area contributed by atoms with E-state index < -0.39 is 16.8 Å². The van der Waals surface area contributed by atoms with Crippen molar-refractivity contribution in [2.75, 3.05) is 0 Å². The second-order valence-electron chi connectivity index (χ2n) is 14.5. The van der Waals surface area contributed by atoms with Gasteiger partial charge in [-0.3, -0.25) is 9.59 Å². The monoisotopic (exact) mass is 468 g/mol. The number of carbonyl (C=O) groups excluding carboxylic acids is 1. The topological polar surface area (TPSA) is 74.6 Å². The summed E-state index contributed by atoms with van der Waals surface area (Å²) in [5, 5.41) is 21.3. The molecule has 4 nitrogen and oxygen atoms in total. The Hall–Kier alpha value is -1.42. The van der Waals surface area contributed by atoms with Gasteiger partial charge < -0.3 is 10.2 Å². The molecule has 0 aromatic heterocycles. The Morgan fingerprint density at radius 3 is 2.26 bits per heavy atom. The highest BCUT2D eigenvalue weighted by atomic mass is 16.4. The minimum atomic E-state index is -1.03. The molecule has 5 aliphatic rings. The summed E-state index contributed by atoms with van der Waals surface area (Å²) < 4.78 is 0. The zero-order valence-corrected chi connectivity index (χ0v) is 22.3. The predicted molar refractivity (Wildman–Crippen MR) is 133 cm³/mol. The number of rotatable bonds is 1. The second-order valence-corrected chi connectivity index (χ2v) is 14.5. The molecule has 0 bridgehead atoms. The Labute approximate surface area is 205 Å². The first-order valence-electron chi connectivity index (χ1n) is 13.4. The van der Waals surface area contributed by atoms with Crippen LogP contribution in [0, 0.1) is 44.3 Å².